The van der Waals surface area contributed by atoms with Crippen molar-refractivity contribution in [2.45, 2.75) is 19.9 Å². The highest BCUT2D eigenvalue weighted by Gasteiger charge is 2.21. The number of nitro groups is 1. The highest BCUT2D eigenvalue weighted by atomic mass is 32.2. The Labute approximate surface area is 120 Å². The molecule has 0 N–H and O–H groups in total. The number of hydrogen-bond acceptors (Lipinski definition) is 4. The van der Waals surface area contributed by atoms with Crippen LogP contribution in [0.2, 0.25) is 0 Å². The summed E-state index contributed by atoms with van der Waals surface area (Å²) < 4.78 is 11.2. The second kappa shape index (κ2) is 6.60. The molecule has 0 radical (unpaired) electrons. The van der Waals surface area contributed by atoms with Gasteiger partial charge in [-0.15, -0.1) is 0 Å². The molecule has 1 amide bonds. The minimum Gasteiger partial charge on any atom is -0.338 e. The van der Waals surface area contributed by atoms with Crippen molar-refractivity contribution in [1.82, 2.24) is 4.90 Å². The van der Waals surface area contributed by atoms with Crippen molar-refractivity contribution in [3.63, 3.8) is 0 Å². The van der Waals surface area contributed by atoms with Crippen LogP contribution in [0.1, 0.15) is 22.8 Å². The highest BCUT2D eigenvalue weighted by molar-refractivity contribution is 7.84. The average Bonchev–Trinajstić information content (AvgIpc) is 2.35. The summed E-state index contributed by atoms with van der Waals surface area (Å²) in [5, 5.41) is 10.7. The Morgan fingerprint density at radius 1 is 1.50 bits per heavy atom. The van der Waals surface area contributed by atoms with Gasteiger partial charge in [0.05, 0.1) is 4.92 Å². The Bertz CT molecular complexity index is 559. The zero-order chi connectivity index (χ0) is 15.4. The van der Waals surface area contributed by atoms with Gasteiger partial charge >= 0.3 is 0 Å². The molecule has 7 heteroatoms. The Morgan fingerprint density at radius 2 is 2.10 bits per heavy atom. The Hall–Kier alpha value is -1.76. The van der Waals surface area contributed by atoms with E-state index in [2.05, 4.69) is 0 Å². The molecule has 2 atom stereocenters. The third-order valence-electron chi connectivity index (χ3n) is 3.11. The van der Waals surface area contributed by atoms with Crippen LogP contribution < -0.4 is 0 Å². The number of nitrogens with zero attached hydrogens (tertiary/aromatic N) is 2. The molecular formula is C13H18N2O4S. The number of carbonyl (C=O) groups is 1. The van der Waals surface area contributed by atoms with Crippen LogP contribution in [0.25, 0.3) is 0 Å². The SMILES string of the molecule is Cc1cc([N+](=O)[O-])ccc1C(=O)N(C)[C@@H](C)C[S@](C)=O. The van der Waals surface area contributed by atoms with Crippen LogP contribution in [-0.4, -0.2) is 45.0 Å². The summed E-state index contributed by atoms with van der Waals surface area (Å²) in [4.78, 5) is 24.0. The molecule has 0 aliphatic carbocycles. The lowest BCUT2D eigenvalue weighted by Crippen LogP contribution is -2.38. The van der Waals surface area contributed by atoms with Gasteiger partial charge in [0.1, 0.15) is 0 Å². The first-order chi connectivity index (χ1) is 9.23. The molecule has 0 heterocycles. The number of carbonyl (C=O) groups excluding carboxylic acids is 1. The van der Waals surface area contributed by atoms with Crippen molar-refractivity contribution in [2.75, 3.05) is 19.1 Å². The Balaban J connectivity index is 2.97. The smallest absolute Gasteiger partial charge is 0.269 e. The lowest BCUT2D eigenvalue weighted by atomic mass is 10.1. The van der Waals surface area contributed by atoms with Crippen LogP contribution >= 0.6 is 0 Å². The fraction of sp³-hybridized carbons (Fsp3) is 0.462. The molecular weight excluding hydrogens is 280 g/mol. The van der Waals surface area contributed by atoms with Gasteiger partial charge in [0.15, 0.2) is 0 Å². The van der Waals surface area contributed by atoms with E-state index >= 15 is 0 Å². The van der Waals surface area contributed by atoms with E-state index in [-0.39, 0.29) is 17.6 Å². The van der Waals surface area contributed by atoms with E-state index in [1.165, 1.54) is 23.1 Å². The van der Waals surface area contributed by atoms with Gasteiger partial charge in [-0.2, -0.15) is 0 Å². The lowest BCUT2D eigenvalue weighted by molar-refractivity contribution is -0.384. The molecule has 0 bridgehead atoms. The second-order valence-corrected chi connectivity index (χ2v) is 6.24. The van der Waals surface area contributed by atoms with Crippen molar-refractivity contribution in [1.29, 1.82) is 0 Å². The van der Waals surface area contributed by atoms with Crippen molar-refractivity contribution in [3.05, 3.63) is 39.4 Å². The van der Waals surface area contributed by atoms with E-state index in [1.54, 1.807) is 20.2 Å². The third-order valence-corrected chi connectivity index (χ3v) is 4.06. The van der Waals surface area contributed by atoms with E-state index in [9.17, 15) is 19.1 Å². The van der Waals surface area contributed by atoms with Crippen LogP contribution in [-0.2, 0) is 10.8 Å². The molecule has 0 spiro atoms. The fourth-order valence-corrected chi connectivity index (χ4v) is 2.75. The summed E-state index contributed by atoms with van der Waals surface area (Å²) >= 11 is 0. The quantitative estimate of drug-likeness (QED) is 0.612. The van der Waals surface area contributed by atoms with Gasteiger partial charge in [-0.1, -0.05) is 0 Å². The molecule has 1 rings (SSSR count). The molecule has 0 aromatic heterocycles. The summed E-state index contributed by atoms with van der Waals surface area (Å²) in [6.07, 6.45) is 1.59. The maximum Gasteiger partial charge on any atom is 0.269 e. The first-order valence-electron chi connectivity index (χ1n) is 6.06. The van der Waals surface area contributed by atoms with Gasteiger partial charge in [0.2, 0.25) is 0 Å². The number of benzene rings is 1. The normalized spacial score (nSPS) is 13.6. The first-order valence-corrected chi connectivity index (χ1v) is 7.79. The number of rotatable bonds is 5. The van der Waals surface area contributed by atoms with Gasteiger partial charge in [-0.25, -0.2) is 0 Å². The standard InChI is InChI=1S/C13H18N2O4S/c1-9-7-11(15(17)18)5-6-12(9)13(16)14(3)10(2)8-20(4)19/h5-7,10H,8H2,1-4H3/t10-,20-/m0/s1. The third kappa shape index (κ3) is 3.86. The molecule has 1 aromatic rings. The first kappa shape index (κ1) is 16.3. The van der Waals surface area contributed by atoms with Gasteiger partial charge in [-0.3, -0.25) is 19.1 Å². The fourth-order valence-electron chi connectivity index (χ4n) is 1.84. The summed E-state index contributed by atoms with van der Waals surface area (Å²) in [5.41, 5.74) is 0.942. The van der Waals surface area contributed by atoms with Gasteiger partial charge < -0.3 is 4.90 Å². The Morgan fingerprint density at radius 3 is 2.55 bits per heavy atom. The predicted octanol–water partition coefficient (Wildman–Crippen LogP) is 1.74. The van der Waals surface area contributed by atoms with Crippen LogP contribution in [0.5, 0.6) is 0 Å². The predicted molar refractivity (Wildman–Crippen MR) is 78.3 cm³/mol. The summed E-state index contributed by atoms with van der Waals surface area (Å²) in [7, 11) is 0.652. The molecule has 110 valence electrons. The van der Waals surface area contributed by atoms with E-state index in [0.29, 0.717) is 16.9 Å². The van der Waals surface area contributed by atoms with E-state index in [4.69, 9.17) is 0 Å². The van der Waals surface area contributed by atoms with Crippen molar-refractivity contribution in [2.24, 2.45) is 0 Å². The number of hydrogen-bond donors (Lipinski definition) is 0. The summed E-state index contributed by atoms with van der Waals surface area (Å²) in [5.74, 6) is 0.171. The molecule has 6 nitrogen and oxygen atoms in total. The van der Waals surface area contributed by atoms with E-state index in [0.717, 1.165) is 0 Å². The number of aryl methyl sites for hydroxylation is 1. The van der Waals surface area contributed by atoms with Gasteiger partial charge in [0.25, 0.3) is 11.6 Å². The zero-order valence-corrected chi connectivity index (χ0v) is 12.8. The zero-order valence-electron chi connectivity index (χ0n) is 12.0. The molecule has 1 aromatic carbocycles. The van der Waals surface area contributed by atoms with Crippen LogP contribution in [0, 0.1) is 17.0 Å². The minimum atomic E-state index is -0.988. The topological polar surface area (TPSA) is 80.5 Å². The largest absolute Gasteiger partial charge is 0.338 e. The summed E-state index contributed by atoms with van der Waals surface area (Å²) in [6, 6.07) is 3.99. The molecule has 0 aliphatic heterocycles. The molecule has 0 fully saturated rings. The van der Waals surface area contributed by atoms with Gasteiger partial charge in [-0.05, 0) is 25.5 Å². The maximum absolute atomic E-state index is 12.3. The molecule has 0 saturated carbocycles. The Kier molecular flexibility index (Phi) is 5.38. The number of non-ortho nitro benzene ring substituents is 1. The van der Waals surface area contributed by atoms with Gasteiger partial charge in [0, 0.05) is 53.6 Å². The monoisotopic (exact) mass is 298 g/mol. The van der Waals surface area contributed by atoms with E-state index in [1.807, 2.05) is 6.92 Å². The van der Waals surface area contributed by atoms with E-state index < -0.39 is 15.7 Å². The van der Waals surface area contributed by atoms with Crippen LogP contribution in [0.15, 0.2) is 18.2 Å². The molecule has 0 saturated heterocycles. The molecule has 20 heavy (non-hydrogen) atoms. The number of nitro benzene ring substituents is 1. The van der Waals surface area contributed by atoms with Crippen molar-refractivity contribution >= 4 is 22.4 Å². The highest BCUT2D eigenvalue weighted by Crippen LogP contribution is 2.19. The average molecular weight is 298 g/mol. The van der Waals surface area contributed by atoms with Crippen molar-refractivity contribution < 1.29 is 13.9 Å². The lowest BCUT2D eigenvalue weighted by Gasteiger charge is -2.24. The van der Waals surface area contributed by atoms with Crippen molar-refractivity contribution in [3.8, 4) is 0 Å². The molecule has 0 unspecified atom stereocenters. The second-order valence-electron chi connectivity index (χ2n) is 4.76. The summed E-state index contributed by atoms with van der Waals surface area (Å²) in [6.45, 7) is 3.48. The maximum atomic E-state index is 12.3. The number of amides is 1. The molecule has 0 aliphatic rings. The minimum absolute atomic E-state index is 0.0376. The van der Waals surface area contributed by atoms with Crippen LogP contribution in [0.3, 0.4) is 0 Å². The van der Waals surface area contributed by atoms with Crippen LogP contribution in [0.4, 0.5) is 5.69 Å².